The van der Waals surface area contributed by atoms with E-state index in [1.165, 1.54) is 18.9 Å². The number of hydrogen-bond donors (Lipinski definition) is 3. The minimum absolute atomic E-state index is 0.116. The van der Waals surface area contributed by atoms with Gasteiger partial charge in [-0.05, 0) is 18.8 Å². The van der Waals surface area contributed by atoms with E-state index in [1.54, 1.807) is 0 Å². The zero-order valence-electron chi connectivity index (χ0n) is 9.49. The molecule has 1 saturated carbocycles. The standard InChI is InChI=1S/C11H18N4O/c1-2-9-14-10(5-11(16)15-9)13-6-8(12)7-3-4-7/h5,7-8H,2-4,6,12H2,1H3,(H2,13,14,15,16). The van der Waals surface area contributed by atoms with Gasteiger partial charge in [0.1, 0.15) is 11.6 Å². The van der Waals surface area contributed by atoms with E-state index in [-0.39, 0.29) is 11.6 Å². The van der Waals surface area contributed by atoms with Crippen LogP contribution in [-0.4, -0.2) is 22.6 Å². The zero-order valence-corrected chi connectivity index (χ0v) is 9.49. The third-order valence-corrected chi connectivity index (χ3v) is 2.87. The van der Waals surface area contributed by atoms with E-state index in [1.807, 2.05) is 6.92 Å². The van der Waals surface area contributed by atoms with Crippen LogP contribution in [0, 0.1) is 5.92 Å². The molecule has 4 N–H and O–H groups in total. The highest BCUT2D eigenvalue weighted by Gasteiger charge is 2.28. The van der Waals surface area contributed by atoms with Crippen molar-refractivity contribution in [2.24, 2.45) is 11.7 Å². The van der Waals surface area contributed by atoms with Crippen LogP contribution in [-0.2, 0) is 6.42 Å². The van der Waals surface area contributed by atoms with Crippen LogP contribution >= 0.6 is 0 Å². The Labute approximate surface area is 94.5 Å². The number of aromatic amines is 1. The molecule has 0 spiro atoms. The number of aryl methyl sites for hydroxylation is 1. The van der Waals surface area contributed by atoms with Gasteiger partial charge in [0.25, 0.3) is 5.56 Å². The Hall–Kier alpha value is -1.36. The summed E-state index contributed by atoms with van der Waals surface area (Å²) in [6, 6.07) is 1.64. The van der Waals surface area contributed by atoms with Gasteiger partial charge < -0.3 is 16.0 Å². The molecule has 1 fully saturated rings. The summed E-state index contributed by atoms with van der Waals surface area (Å²) in [6.07, 6.45) is 3.18. The topological polar surface area (TPSA) is 83.8 Å². The Balaban J connectivity index is 1.97. The van der Waals surface area contributed by atoms with Crippen LogP contribution in [0.4, 0.5) is 5.82 Å². The summed E-state index contributed by atoms with van der Waals surface area (Å²) in [7, 11) is 0. The van der Waals surface area contributed by atoms with Gasteiger partial charge in [-0.15, -0.1) is 0 Å². The largest absolute Gasteiger partial charge is 0.368 e. The van der Waals surface area contributed by atoms with Crippen molar-refractivity contribution in [1.82, 2.24) is 9.97 Å². The second kappa shape index (κ2) is 4.65. The Morgan fingerprint density at radius 1 is 1.69 bits per heavy atom. The molecular weight excluding hydrogens is 204 g/mol. The molecule has 0 aromatic carbocycles. The summed E-state index contributed by atoms with van der Waals surface area (Å²) in [5.41, 5.74) is 5.84. The first-order valence-corrected chi connectivity index (χ1v) is 5.78. The molecule has 1 aliphatic rings. The minimum atomic E-state index is -0.116. The van der Waals surface area contributed by atoms with Crippen molar-refractivity contribution < 1.29 is 0 Å². The lowest BCUT2D eigenvalue weighted by Crippen LogP contribution is -2.31. The molecule has 1 aliphatic carbocycles. The normalized spacial score (nSPS) is 17.1. The summed E-state index contributed by atoms with van der Waals surface area (Å²) < 4.78 is 0. The van der Waals surface area contributed by atoms with Crippen molar-refractivity contribution in [3.8, 4) is 0 Å². The van der Waals surface area contributed by atoms with E-state index in [9.17, 15) is 4.79 Å². The fraction of sp³-hybridized carbons (Fsp3) is 0.636. The van der Waals surface area contributed by atoms with Crippen LogP contribution in [0.25, 0.3) is 0 Å². The highest BCUT2D eigenvalue weighted by atomic mass is 16.1. The molecule has 1 atom stereocenters. The third kappa shape index (κ3) is 2.82. The van der Waals surface area contributed by atoms with Gasteiger partial charge in [-0.25, -0.2) is 4.98 Å². The molecule has 0 bridgehead atoms. The van der Waals surface area contributed by atoms with E-state index >= 15 is 0 Å². The first-order chi connectivity index (χ1) is 7.69. The monoisotopic (exact) mass is 222 g/mol. The van der Waals surface area contributed by atoms with Crippen LogP contribution in [0.1, 0.15) is 25.6 Å². The molecule has 88 valence electrons. The molecule has 1 aromatic rings. The summed E-state index contributed by atoms with van der Waals surface area (Å²) in [4.78, 5) is 18.3. The minimum Gasteiger partial charge on any atom is -0.368 e. The second-order valence-electron chi connectivity index (χ2n) is 4.31. The van der Waals surface area contributed by atoms with Crippen LogP contribution in [0.15, 0.2) is 10.9 Å². The number of hydrogen-bond acceptors (Lipinski definition) is 4. The molecule has 0 radical (unpaired) electrons. The number of H-pyrrole nitrogens is 1. The fourth-order valence-electron chi connectivity index (χ4n) is 1.68. The maximum atomic E-state index is 11.3. The Kier molecular flexibility index (Phi) is 3.24. The molecule has 1 aromatic heterocycles. The van der Waals surface area contributed by atoms with E-state index in [2.05, 4.69) is 15.3 Å². The highest BCUT2D eigenvalue weighted by molar-refractivity contribution is 5.33. The molecular formula is C11H18N4O. The van der Waals surface area contributed by atoms with Crippen molar-refractivity contribution in [1.29, 1.82) is 0 Å². The highest BCUT2D eigenvalue weighted by Crippen LogP contribution is 2.31. The molecule has 1 heterocycles. The predicted octanol–water partition coefficient (Wildman–Crippen LogP) is 0.481. The van der Waals surface area contributed by atoms with Gasteiger partial charge in [-0.2, -0.15) is 0 Å². The lowest BCUT2D eigenvalue weighted by Gasteiger charge is -2.12. The molecule has 0 amide bonds. The van der Waals surface area contributed by atoms with Crippen molar-refractivity contribution >= 4 is 5.82 Å². The van der Waals surface area contributed by atoms with Gasteiger partial charge in [-0.3, -0.25) is 4.79 Å². The fourth-order valence-corrected chi connectivity index (χ4v) is 1.68. The van der Waals surface area contributed by atoms with E-state index < -0.39 is 0 Å². The number of aromatic nitrogens is 2. The van der Waals surface area contributed by atoms with Crippen LogP contribution in [0.5, 0.6) is 0 Å². The first kappa shape index (κ1) is 11.1. The molecule has 0 aliphatic heterocycles. The second-order valence-corrected chi connectivity index (χ2v) is 4.31. The van der Waals surface area contributed by atoms with Gasteiger partial charge in [-0.1, -0.05) is 6.92 Å². The average Bonchev–Trinajstić information content (AvgIpc) is 3.08. The summed E-state index contributed by atoms with van der Waals surface area (Å²) >= 11 is 0. The van der Waals surface area contributed by atoms with E-state index in [0.29, 0.717) is 24.1 Å². The first-order valence-electron chi connectivity index (χ1n) is 5.78. The molecule has 0 saturated heterocycles. The average molecular weight is 222 g/mol. The van der Waals surface area contributed by atoms with Gasteiger partial charge in [0.2, 0.25) is 0 Å². The molecule has 1 unspecified atom stereocenters. The van der Waals surface area contributed by atoms with Crippen molar-refractivity contribution in [2.75, 3.05) is 11.9 Å². The van der Waals surface area contributed by atoms with Crippen molar-refractivity contribution in [2.45, 2.75) is 32.2 Å². The Morgan fingerprint density at radius 2 is 2.44 bits per heavy atom. The van der Waals surface area contributed by atoms with Crippen LogP contribution in [0.2, 0.25) is 0 Å². The number of nitrogens with zero attached hydrogens (tertiary/aromatic N) is 1. The zero-order chi connectivity index (χ0) is 11.5. The summed E-state index contributed by atoms with van der Waals surface area (Å²) in [5, 5.41) is 3.13. The van der Waals surface area contributed by atoms with Gasteiger partial charge in [0.05, 0.1) is 0 Å². The van der Waals surface area contributed by atoms with Gasteiger partial charge in [0, 0.05) is 25.1 Å². The van der Waals surface area contributed by atoms with Gasteiger partial charge in [0.15, 0.2) is 0 Å². The molecule has 2 rings (SSSR count). The Bertz CT molecular complexity index is 411. The number of anilines is 1. The van der Waals surface area contributed by atoms with Crippen LogP contribution in [0.3, 0.4) is 0 Å². The smallest absolute Gasteiger partial charge is 0.252 e. The third-order valence-electron chi connectivity index (χ3n) is 2.87. The van der Waals surface area contributed by atoms with Crippen molar-refractivity contribution in [3.05, 3.63) is 22.2 Å². The summed E-state index contributed by atoms with van der Waals surface area (Å²) in [5.74, 6) is 1.98. The van der Waals surface area contributed by atoms with Crippen LogP contribution < -0.4 is 16.6 Å². The quantitative estimate of drug-likeness (QED) is 0.676. The molecule has 5 heteroatoms. The van der Waals surface area contributed by atoms with Crippen molar-refractivity contribution in [3.63, 3.8) is 0 Å². The predicted molar refractivity (Wildman–Crippen MR) is 63.4 cm³/mol. The number of nitrogens with two attached hydrogens (primary N) is 1. The lowest BCUT2D eigenvalue weighted by molar-refractivity contribution is 0.619. The van der Waals surface area contributed by atoms with Gasteiger partial charge >= 0.3 is 0 Å². The maximum Gasteiger partial charge on any atom is 0.252 e. The maximum absolute atomic E-state index is 11.3. The molecule has 5 nitrogen and oxygen atoms in total. The number of nitrogens with one attached hydrogen (secondary N) is 2. The lowest BCUT2D eigenvalue weighted by atomic mass is 10.2. The van der Waals surface area contributed by atoms with E-state index in [0.717, 1.165) is 6.42 Å². The SMILES string of the molecule is CCc1nc(NCC(N)C2CC2)cc(=O)[nH]1. The summed E-state index contributed by atoms with van der Waals surface area (Å²) in [6.45, 7) is 2.64. The Morgan fingerprint density at radius 3 is 3.06 bits per heavy atom. The van der Waals surface area contributed by atoms with E-state index in [4.69, 9.17) is 5.73 Å². The molecule has 16 heavy (non-hydrogen) atoms. The number of rotatable bonds is 5.